The molecule has 2 N–H and O–H groups in total. The molecule has 1 heterocycles. The molecule has 0 radical (unpaired) electrons. The average Bonchev–Trinajstić information content (AvgIpc) is 2.75. The highest BCUT2D eigenvalue weighted by Gasteiger charge is 2.30. The topological polar surface area (TPSA) is 62.2 Å². The molecule has 1 saturated carbocycles. The van der Waals surface area contributed by atoms with Crippen molar-refractivity contribution in [3.63, 3.8) is 0 Å². The maximum Gasteiger partial charge on any atom is 0.227 e. The molecular weight excluding hydrogens is 403 g/mol. The summed E-state index contributed by atoms with van der Waals surface area (Å²) in [5.41, 5.74) is 2.49. The number of anilines is 1. The van der Waals surface area contributed by atoms with Gasteiger partial charge in [-0.15, -0.1) is 0 Å². The Hall–Kier alpha value is -2.66. The number of hydrogen-bond acceptors (Lipinski definition) is 3. The minimum atomic E-state index is -0.246. The smallest absolute Gasteiger partial charge is 0.227 e. The van der Waals surface area contributed by atoms with Crippen LogP contribution < -0.4 is 5.32 Å². The summed E-state index contributed by atoms with van der Waals surface area (Å²) in [5, 5.41) is 13.7. The number of rotatable bonds is 4. The number of halogens is 2. The molecule has 3 aromatic rings. The SMILES string of the molecule is C[C@@H](C(=O)Nc1ccc(Cl)c(O)c1)C1CCC(c2ccnc3ccc(F)cc23)CC1. The Labute approximate surface area is 180 Å². The number of fused-ring (bicyclic) bond motifs is 1. The minimum Gasteiger partial charge on any atom is -0.506 e. The average molecular weight is 427 g/mol. The van der Waals surface area contributed by atoms with E-state index in [1.807, 2.05) is 13.0 Å². The maximum atomic E-state index is 13.8. The van der Waals surface area contributed by atoms with Crippen molar-refractivity contribution < 1.29 is 14.3 Å². The molecule has 0 bridgehead atoms. The van der Waals surface area contributed by atoms with Crippen LogP contribution in [0.25, 0.3) is 10.9 Å². The van der Waals surface area contributed by atoms with Gasteiger partial charge in [-0.25, -0.2) is 4.39 Å². The van der Waals surface area contributed by atoms with Gasteiger partial charge in [0.2, 0.25) is 5.91 Å². The van der Waals surface area contributed by atoms with E-state index in [0.717, 1.165) is 42.1 Å². The fourth-order valence-electron chi connectivity index (χ4n) is 4.49. The third-order valence-electron chi connectivity index (χ3n) is 6.28. The first-order valence-electron chi connectivity index (χ1n) is 10.3. The van der Waals surface area contributed by atoms with Gasteiger partial charge in [-0.3, -0.25) is 9.78 Å². The molecular formula is C24H24ClFN2O2. The van der Waals surface area contributed by atoms with E-state index in [9.17, 15) is 14.3 Å². The third-order valence-corrected chi connectivity index (χ3v) is 6.60. The number of hydrogen-bond donors (Lipinski definition) is 2. The van der Waals surface area contributed by atoms with Gasteiger partial charge in [0.15, 0.2) is 0 Å². The Bertz CT molecular complexity index is 1080. The van der Waals surface area contributed by atoms with E-state index in [1.54, 1.807) is 30.5 Å². The van der Waals surface area contributed by atoms with Crippen molar-refractivity contribution in [1.29, 1.82) is 0 Å². The summed E-state index contributed by atoms with van der Waals surface area (Å²) in [6.45, 7) is 1.95. The van der Waals surface area contributed by atoms with Crippen LogP contribution in [0.1, 0.15) is 44.1 Å². The first kappa shape index (κ1) is 20.6. The number of pyridine rings is 1. The second-order valence-electron chi connectivity index (χ2n) is 8.12. The number of nitrogens with zero attached hydrogens (tertiary/aromatic N) is 1. The zero-order valence-corrected chi connectivity index (χ0v) is 17.5. The zero-order valence-electron chi connectivity index (χ0n) is 16.7. The van der Waals surface area contributed by atoms with E-state index in [2.05, 4.69) is 10.3 Å². The molecule has 0 aliphatic heterocycles. The molecule has 156 valence electrons. The van der Waals surface area contributed by atoms with Crippen LogP contribution in [0.15, 0.2) is 48.7 Å². The van der Waals surface area contributed by atoms with Gasteiger partial charge in [0.05, 0.1) is 10.5 Å². The van der Waals surface area contributed by atoms with Crippen LogP contribution in [0.3, 0.4) is 0 Å². The van der Waals surface area contributed by atoms with Crippen molar-refractivity contribution in [2.24, 2.45) is 11.8 Å². The molecule has 1 aromatic heterocycles. The second-order valence-corrected chi connectivity index (χ2v) is 8.52. The number of aromatic nitrogens is 1. The summed E-state index contributed by atoms with van der Waals surface area (Å²) in [5.74, 6) is 0.128. The van der Waals surface area contributed by atoms with Crippen molar-refractivity contribution >= 4 is 34.1 Å². The number of carbonyl (C=O) groups is 1. The molecule has 30 heavy (non-hydrogen) atoms. The lowest BCUT2D eigenvalue weighted by Crippen LogP contribution is -2.29. The lowest BCUT2D eigenvalue weighted by molar-refractivity contribution is -0.121. The molecule has 1 aliphatic rings. The monoisotopic (exact) mass is 426 g/mol. The molecule has 6 heteroatoms. The van der Waals surface area contributed by atoms with Gasteiger partial charge in [-0.2, -0.15) is 0 Å². The summed E-state index contributed by atoms with van der Waals surface area (Å²) in [6, 6.07) is 11.4. The van der Waals surface area contributed by atoms with Crippen molar-refractivity contribution in [2.45, 2.75) is 38.5 Å². The number of aromatic hydroxyl groups is 1. The van der Waals surface area contributed by atoms with Gasteiger partial charge < -0.3 is 10.4 Å². The Balaban J connectivity index is 1.41. The van der Waals surface area contributed by atoms with Gasteiger partial charge in [-0.05, 0) is 79.5 Å². The Kier molecular flexibility index (Phi) is 5.91. The van der Waals surface area contributed by atoms with Crippen LogP contribution in [0.4, 0.5) is 10.1 Å². The highest BCUT2D eigenvalue weighted by atomic mass is 35.5. The van der Waals surface area contributed by atoms with Crippen LogP contribution in [0.5, 0.6) is 5.75 Å². The first-order chi connectivity index (χ1) is 14.4. The van der Waals surface area contributed by atoms with Crippen LogP contribution in [-0.4, -0.2) is 16.0 Å². The number of phenols is 1. The second kappa shape index (κ2) is 8.60. The van der Waals surface area contributed by atoms with Gasteiger partial charge in [0.25, 0.3) is 0 Å². The molecule has 1 atom stereocenters. The van der Waals surface area contributed by atoms with E-state index >= 15 is 0 Å². The molecule has 0 unspecified atom stereocenters. The fraction of sp³-hybridized carbons (Fsp3) is 0.333. The minimum absolute atomic E-state index is 0.0522. The molecule has 0 saturated heterocycles. The fourth-order valence-corrected chi connectivity index (χ4v) is 4.60. The lowest BCUT2D eigenvalue weighted by Gasteiger charge is -2.32. The van der Waals surface area contributed by atoms with E-state index in [0.29, 0.717) is 11.6 Å². The van der Waals surface area contributed by atoms with Gasteiger partial charge >= 0.3 is 0 Å². The van der Waals surface area contributed by atoms with E-state index in [1.165, 1.54) is 12.1 Å². The molecule has 4 nitrogen and oxygen atoms in total. The summed E-state index contributed by atoms with van der Waals surface area (Å²) in [7, 11) is 0. The van der Waals surface area contributed by atoms with Crippen LogP contribution in [-0.2, 0) is 4.79 Å². The number of amides is 1. The van der Waals surface area contributed by atoms with Gasteiger partial charge in [-0.1, -0.05) is 18.5 Å². The standard InChI is InChI=1S/C24H24ClFN2O2/c1-14(24(30)28-18-7-8-21(25)23(29)13-18)15-2-4-16(5-3-15)19-10-11-27-22-9-6-17(26)12-20(19)22/h6-16,29H,2-5H2,1H3,(H,28,30)/t14-,15?,16?/m1/s1. The Morgan fingerprint density at radius 2 is 1.93 bits per heavy atom. The maximum absolute atomic E-state index is 13.8. The molecule has 1 fully saturated rings. The molecule has 1 amide bonds. The molecule has 0 spiro atoms. The first-order valence-corrected chi connectivity index (χ1v) is 10.6. The Morgan fingerprint density at radius 3 is 2.67 bits per heavy atom. The molecule has 2 aromatic carbocycles. The van der Waals surface area contributed by atoms with Crippen molar-refractivity contribution in [3.05, 3.63) is 65.1 Å². The summed E-state index contributed by atoms with van der Waals surface area (Å²) in [4.78, 5) is 17.0. The van der Waals surface area contributed by atoms with Crippen LogP contribution in [0.2, 0.25) is 5.02 Å². The van der Waals surface area contributed by atoms with E-state index in [-0.39, 0.29) is 34.3 Å². The van der Waals surface area contributed by atoms with E-state index < -0.39 is 0 Å². The largest absolute Gasteiger partial charge is 0.506 e. The highest BCUT2D eigenvalue weighted by molar-refractivity contribution is 6.32. The summed E-state index contributed by atoms with van der Waals surface area (Å²) in [6.07, 6.45) is 5.58. The normalized spacial score (nSPS) is 20.1. The quantitative estimate of drug-likeness (QED) is 0.516. The van der Waals surface area contributed by atoms with Crippen LogP contribution in [0, 0.1) is 17.7 Å². The number of phenolic OH excluding ortho intramolecular Hbond substituents is 1. The van der Waals surface area contributed by atoms with Crippen molar-refractivity contribution in [1.82, 2.24) is 4.98 Å². The van der Waals surface area contributed by atoms with Crippen molar-refractivity contribution in [2.75, 3.05) is 5.32 Å². The third kappa shape index (κ3) is 4.26. The molecule has 4 rings (SSSR count). The number of carbonyl (C=O) groups excluding carboxylic acids is 1. The van der Waals surface area contributed by atoms with Crippen LogP contribution >= 0.6 is 11.6 Å². The van der Waals surface area contributed by atoms with Gasteiger partial charge in [0, 0.05) is 29.3 Å². The highest BCUT2D eigenvalue weighted by Crippen LogP contribution is 2.41. The lowest BCUT2D eigenvalue weighted by atomic mass is 9.73. The summed E-state index contributed by atoms with van der Waals surface area (Å²) < 4.78 is 13.8. The predicted molar refractivity (Wildman–Crippen MR) is 117 cm³/mol. The number of nitrogens with one attached hydrogen (secondary N) is 1. The Morgan fingerprint density at radius 1 is 1.17 bits per heavy atom. The molecule has 1 aliphatic carbocycles. The summed E-state index contributed by atoms with van der Waals surface area (Å²) >= 11 is 5.82. The zero-order chi connectivity index (χ0) is 21.3. The predicted octanol–water partition coefficient (Wildman–Crippen LogP) is 6.28. The van der Waals surface area contributed by atoms with E-state index in [4.69, 9.17) is 11.6 Å². The van der Waals surface area contributed by atoms with Gasteiger partial charge in [0.1, 0.15) is 11.6 Å². The van der Waals surface area contributed by atoms with Crippen molar-refractivity contribution in [3.8, 4) is 5.75 Å². The number of benzene rings is 2.